The second-order valence-corrected chi connectivity index (χ2v) is 7.52. The van der Waals surface area contributed by atoms with Crippen molar-refractivity contribution in [2.45, 2.75) is 38.8 Å². The van der Waals surface area contributed by atoms with E-state index in [1.165, 1.54) is 5.52 Å². The van der Waals surface area contributed by atoms with Crippen LogP contribution in [0.15, 0.2) is 42.7 Å². The molecule has 152 valence electrons. The summed E-state index contributed by atoms with van der Waals surface area (Å²) in [5, 5.41) is 3.09. The number of para-hydroxylation sites is 2. The Bertz CT molecular complexity index is 1010. The van der Waals surface area contributed by atoms with Gasteiger partial charge in [0.05, 0.1) is 30.4 Å². The van der Waals surface area contributed by atoms with Gasteiger partial charge in [-0.25, -0.2) is 9.78 Å². The van der Waals surface area contributed by atoms with Crippen LogP contribution < -0.4 is 10.1 Å². The molecule has 3 aromatic rings. The maximum absolute atomic E-state index is 12.8. The Hall–Kier alpha value is -3.09. The summed E-state index contributed by atoms with van der Waals surface area (Å²) in [6, 6.07) is 10.3. The smallest absolute Gasteiger partial charge is 0.317 e. The third-order valence-corrected chi connectivity index (χ3v) is 5.73. The lowest BCUT2D eigenvalue weighted by atomic mass is 10.0. The number of rotatable bonds is 4. The van der Waals surface area contributed by atoms with Crippen LogP contribution >= 0.6 is 0 Å². The van der Waals surface area contributed by atoms with Crippen LogP contribution in [0.3, 0.4) is 0 Å². The highest BCUT2D eigenvalue weighted by Gasteiger charge is 2.27. The molecule has 0 spiro atoms. The highest BCUT2D eigenvalue weighted by Crippen LogP contribution is 2.29. The number of aryl methyl sites for hydroxylation is 1. The number of ether oxygens (including phenoxy) is 1. The van der Waals surface area contributed by atoms with Crippen molar-refractivity contribution in [3.8, 4) is 5.75 Å². The summed E-state index contributed by atoms with van der Waals surface area (Å²) in [6.45, 7) is 5.47. The van der Waals surface area contributed by atoms with E-state index in [1.807, 2.05) is 24.0 Å². The van der Waals surface area contributed by atoms with Crippen molar-refractivity contribution >= 4 is 17.1 Å². The van der Waals surface area contributed by atoms with Crippen molar-refractivity contribution < 1.29 is 9.53 Å². The first-order valence-electron chi connectivity index (χ1n) is 10.1. The molecule has 1 aliphatic heterocycles. The number of pyridine rings is 1. The van der Waals surface area contributed by atoms with E-state index in [1.54, 1.807) is 19.5 Å². The number of carbonyl (C=O) groups is 1. The van der Waals surface area contributed by atoms with Gasteiger partial charge in [-0.1, -0.05) is 12.1 Å². The standard InChI is InChI=1S/C22H27N5O2/c1-15(18-8-11-23-14-21(18)29-3)24-22(28)26-12-9-17(10-13-26)27-16(2)25-19-6-4-5-7-20(19)27/h4-8,11,14-15,17H,9-10,12-13H2,1-3H3,(H,24,28). The molecule has 7 nitrogen and oxygen atoms in total. The van der Waals surface area contributed by atoms with Crippen molar-refractivity contribution in [1.29, 1.82) is 0 Å². The Labute approximate surface area is 170 Å². The van der Waals surface area contributed by atoms with Gasteiger partial charge < -0.3 is 19.5 Å². The molecular formula is C22H27N5O2. The molecule has 7 heteroatoms. The van der Waals surface area contributed by atoms with Crippen LogP contribution in [0.25, 0.3) is 11.0 Å². The van der Waals surface area contributed by atoms with Crippen LogP contribution in [0.4, 0.5) is 4.79 Å². The number of fused-ring (bicyclic) bond motifs is 1. The van der Waals surface area contributed by atoms with E-state index in [4.69, 9.17) is 4.74 Å². The number of carbonyl (C=O) groups excluding carboxylic acids is 1. The number of piperidine rings is 1. The fourth-order valence-electron chi connectivity index (χ4n) is 4.23. The normalized spacial score (nSPS) is 16.0. The van der Waals surface area contributed by atoms with Crippen LogP contribution in [0.1, 0.15) is 43.2 Å². The number of nitrogens with zero attached hydrogens (tertiary/aromatic N) is 4. The van der Waals surface area contributed by atoms with Crippen molar-refractivity contribution in [1.82, 2.24) is 24.8 Å². The quantitative estimate of drug-likeness (QED) is 0.731. The van der Waals surface area contributed by atoms with Gasteiger partial charge in [-0.3, -0.25) is 4.98 Å². The monoisotopic (exact) mass is 393 g/mol. The molecule has 1 unspecified atom stereocenters. The zero-order valence-corrected chi connectivity index (χ0v) is 17.1. The Morgan fingerprint density at radius 2 is 2.00 bits per heavy atom. The average molecular weight is 393 g/mol. The Morgan fingerprint density at radius 3 is 2.76 bits per heavy atom. The maximum atomic E-state index is 12.8. The molecule has 29 heavy (non-hydrogen) atoms. The molecular weight excluding hydrogens is 366 g/mol. The third kappa shape index (κ3) is 3.77. The van der Waals surface area contributed by atoms with Crippen molar-refractivity contribution in [3.63, 3.8) is 0 Å². The molecule has 0 aliphatic carbocycles. The second kappa shape index (κ2) is 8.11. The molecule has 0 bridgehead atoms. The Morgan fingerprint density at radius 1 is 1.24 bits per heavy atom. The largest absolute Gasteiger partial charge is 0.495 e. The summed E-state index contributed by atoms with van der Waals surface area (Å²) in [7, 11) is 1.61. The van der Waals surface area contributed by atoms with Crippen molar-refractivity contribution in [2.75, 3.05) is 20.2 Å². The second-order valence-electron chi connectivity index (χ2n) is 7.52. The lowest BCUT2D eigenvalue weighted by Crippen LogP contribution is -2.45. The lowest BCUT2D eigenvalue weighted by molar-refractivity contribution is 0.169. The topological polar surface area (TPSA) is 72.3 Å². The number of hydrogen-bond donors (Lipinski definition) is 1. The predicted molar refractivity (Wildman–Crippen MR) is 112 cm³/mol. The van der Waals surface area contributed by atoms with Crippen molar-refractivity contribution in [3.05, 3.63) is 54.1 Å². The lowest BCUT2D eigenvalue weighted by Gasteiger charge is -2.34. The van der Waals surface area contributed by atoms with E-state index in [2.05, 4.69) is 45.0 Å². The third-order valence-electron chi connectivity index (χ3n) is 5.73. The number of likely N-dealkylation sites (tertiary alicyclic amines) is 1. The first kappa shape index (κ1) is 19.2. The molecule has 1 saturated heterocycles. The fourth-order valence-corrected chi connectivity index (χ4v) is 4.23. The van der Waals surface area contributed by atoms with Crippen LogP contribution in [0, 0.1) is 6.92 Å². The van der Waals surface area contributed by atoms with E-state index < -0.39 is 0 Å². The number of aromatic nitrogens is 3. The fraction of sp³-hybridized carbons (Fsp3) is 0.409. The molecule has 1 fully saturated rings. The zero-order valence-electron chi connectivity index (χ0n) is 17.1. The molecule has 1 aliphatic rings. The van der Waals surface area contributed by atoms with Crippen LogP contribution in [0.5, 0.6) is 5.75 Å². The number of benzene rings is 1. The number of nitrogens with one attached hydrogen (secondary N) is 1. The van der Waals surface area contributed by atoms with Gasteiger partial charge in [-0.05, 0) is 44.9 Å². The van der Waals surface area contributed by atoms with Gasteiger partial charge in [0.15, 0.2) is 0 Å². The molecule has 2 amide bonds. The van der Waals surface area contributed by atoms with E-state index in [-0.39, 0.29) is 12.1 Å². The highest BCUT2D eigenvalue weighted by atomic mass is 16.5. The van der Waals surface area contributed by atoms with Gasteiger partial charge in [0, 0.05) is 30.9 Å². The van der Waals surface area contributed by atoms with E-state index in [0.717, 1.165) is 42.8 Å². The summed E-state index contributed by atoms with van der Waals surface area (Å²) in [6.07, 6.45) is 5.22. The molecule has 4 rings (SSSR count). The Balaban J connectivity index is 1.40. The number of amides is 2. The van der Waals surface area contributed by atoms with Gasteiger partial charge in [0.25, 0.3) is 0 Å². The van der Waals surface area contributed by atoms with Crippen LogP contribution in [-0.2, 0) is 0 Å². The minimum atomic E-state index is -0.155. The van der Waals surface area contributed by atoms with Crippen LogP contribution in [-0.4, -0.2) is 45.7 Å². The summed E-state index contributed by atoms with van der Waals surface area (Å²) >= 11 is 0. The summed E-state index contributed by atoms with van der Waals surface area (Å²) in [5.41, 5.74) is 3.13. The summed E-state index contributed by atoms with van der Waals surface area (Å²) < 4.78 is 7.69. The highest BCUT2D eigenvalue weighted by molar-refractivity contribution is 5.76. The first-order chi connectivity index (χ1) is 14.1. The van der Waals surface area contributed by atoms with Crippen LogP contribution in [0.2, 0.25) is 0 Å². The number of urea groups is 1. The van der Waals surface area contributed by atoms with Gasteiger partial charge in [0.2, 0.25) is 0 Å². The molecule has 0 radical (unpaired) electrons. The molecule has 1 N–H and O–H groups in total. The maximum Gasteiger partial charge on any atom is 0.317 e. The van der Waals surface area contributed by atoms with Crippen molar-refractivity contribution in [2.24, 2.45) is 0 Å². The van der Waals surface area contributed by atoms with E-state index >= 15 is 0 Å². The average Bonchev–Trinajstić information content (AvgIpc) is 3.09. The summed E-state index contributed by atoms with van der Waals surface area (Å²) in [5.74, 6) is 1.72. The zero-order chi connectivity index (χ0) is 20.4. The molecule has 0 saturated carbocycles. The number of methoxy groups -OCH3 is 1. The number of imidazole rings is 1. The molecule has 1 aromatic carbocycles. The molecule has 2 aromatic heterocycles. The van der Waals surface area contributed by atoms with Gasteiger partial charge in [0.1, 0.15) is 11.6 Å². The minimum absolute atomic E-state index is 0.0398. The van der Waals surface area contributed by atoms with Gasteiger partial charge >= 0.3 is 6.03 Å². The summed E-state index contributed by atoms with van der Waals surface area (Å²) in [4.78, 5) is 23.4. The first-order valence-corrected chi connectivity index (χ1v) is 10.1. The predicted octanol–water partition coefficient (Wildman–Crippen LogP) is 3.86. The van der Waals surface area contributed by atoms with Gasteiger partial charge in [-0.15, -0.1) is 0 Å². The SMILES string of the molecule is COc1cnccc1C(C)NC(=O)N1CCC(n2c(C)nc3ccccc32)CC1. The minimum Gasteiger partial charge on any atom is -0.495 e. The molecule has 1 atom stereocenters. The van der Waals surface area contributed by atoms with E-state index in [9.17, 15) is 4.79 Å². The number of hydrogen-bond acceptors (Lipinski definition) is 4. The van der Waals surface area contributed by atoms with Gasteiger partial charge in [-0.2, -0.15) is 0 Å². The van der Waals surface area contributed by atoms with E-state index in [0.29, 0.717) is 11.8 Å². The molecule has 3 heterocycles. The Kier molecular flexibility index (Phi) is 5.38.